The zero-order valence-corrected chi connectivity index (χ0v) is 18.6. The molecule has 0 bridgehead atoms. The molecular formula is C20H13Br2ClN2OS. The average Bonchev–Trinajstić information content (AvgIpc) is 3.28. The minimum Gasteiger partial charge on any atom is -0.464 e. The van der Waals surface area contributed by atoms with Gasteiger partial charge in [-0.15, -0.1) is 11.3 Å². The second-order valence-electron chi connectivity index (χ2n) is 6.42. The number of ether oxygens (including phenoxy) is 1. The number of rotatable bonds is 2. The number of hydrazone groups is 1. The lowest BCUT2D eigenvalue weighted by atomic mass is 9.98. The molecule has 3 nitrogen and oxygen atoms in total. The lowest BCUT2D eigenvalue weighted by Crippen LogP contribution is -2.33. The summed E-state index contributed by atoms with van der Waals surface area (Å²) >= 11 is 15.3. The van der Waals surface area contributed by atoms with Gasteiger partial charge < -0.3 is 4.74 Å². The highest BCUT2D eigenvalue weighted by molar-refractivity contribution is 9.11. The first-order valence-corrected chi connectivity index (χ1v) is 11.2. The van der Waals surface area contributed by atoms with Crippen molar-refractivity contribution in [1.82, 2.24) is 5.01 Å². The summed E-state index contributed by atoms with van der Waals surface area (Å²) < 4.78 is 8.50. The fourth-order valence-corrected chi connectivity index (χ4v) is 5.54. The Labute approximate surface area is 182 Å². The Morgan fingerprint density at radius 3 is 2.70 bits per heavy atom. The number of hydrogen-bond donors (Lipinski definition) is 0. The lowest BCUT2D eigenvalue weighted by molar-refractivity contribution is -0.0190. The van der Waals surface area contributed by atoms with Crippen LogP contribution in [-0.4, -0.2) is 10.7 Å². The van der Waals surface area contributed by atoms with Crippen molar-refractivity contribution < 1.29 is 4.74 Å². The number of halogens is 3. The van der Waals surface area contributed by atoms with Crippen LogP contribution in [0.4, 0.5) is 0 Å². The molecule has 0 saturated carbocycles. The van der Waals surface area contributed by atoms with Crippen LogP contribution in [0.5, 0.6) is 5.75 Å². The van der Waals surface area contributed by atoms with Crippen molar-refractivity contribution in [2.45, 2.75) is 18.7 Å². The SMILES string of the molecule is Clc1ccccc1[C@@H]1Oc2ccc(Br)cc2[C@@H]2CC(c3ccc(Br)s3)=NN21. The molecule has 0 N–H and O–H groups in total. The standard InChI is InChI=1S/C20H13Br2ClN2OS/c21-11-5-6-17-13(9-11)16-10-15(18-7-8-19(22)27-18)24-25(16)20(26-17)12-3-1-2-4-14(12)23/h1-9,16,20H,10H2/t16-,20-/m0/s1. The Morgan fingerprint density at radius 1 is 1.07 bits per heavy atom. The number of fused-ring (bicyclic) bond motifs is 3. The van der Waals surface area contributed by atoms with Crippen LogP contribution in [0.1, 0.15) is 34.7 Å². The Bertz CT molecular complexity index is 1070. The zero-order valence-electron chi connectivity index (χ0n) is 13.9. The van der Waals surface area contributed by atoms with Gasteiger partial charge in [0.25, 0.3) is 0 Å². The second kappa shape index (κ2) is 6.92. The van der Waals surface area contributed by atoms with Crippen molar-refractivity contribution in [3.8, 4) is 5.75 Å². The Balaban J connectivity index is 1.63. The maximum absolute atomic E-state index is 6.49. The molecular weight excluding hydrogens is 512 g/mol. The molecule has 2 atom stereocenters. The molecule has 0 unspecified atom stereocenters. The largest absolute Gasteiger partial charge is 0.464 e. The van der Waals surface area contributed by atoms with Crippen LogP contribution in [0, 0.1) is 0 Å². The molecule has 5 rings (SSSR count). The van der Waals surface area contributed by atoms with Crippen LogP contribution in [0.15, 0.2) is 68.0 Å². The average molecular weight is 525 g/mol. The fourth-order valence-electron chi connectivity index (χ4n) is 3.56. The molecule has 3 heterocycles. The third-order valence-electron chi connectivity index (χ3n) is 4.78. The first kappa shape index (κ1) is 17.7. The summed E-state index contributed by atoms with van der Waals surface area (Å²) in [7, 11) is 0. The molecule has 1 aromatic heterocycles. The normalized spacial score (nSPS) is 20.7. The van der Waals surface area contributed by atoms with Gasteiger partial charge in [-0.3, -0.25) is 0 Å². The highest BCUT2D eigenvalue weighted by Crippen LogP contribution is 2.49. The van der Waals surface area contributed by atoms with E-state index in [1.807, 2.05) is 36.4 Å². The highest BCUT2D eigenvalue weighted by atomic mass is 79.9. The van der Waals surface area contributed by atoms with E-state index in [2.05, 4.69) is 55.1 Å². The number of hydrogen-bond acceptors (Lipinski definition) is 4. The predicted octanol–water partition coefficient (Wildman–Crippen LogP) is 7.17. The van der Waals surface area contributed by atoms with Gasteiger partial charge in [-0.05, 0) is 52.3 Å². The molecule has 0 radical (unpaired) electrons. The molecule has 2 aliphatic heterocycles. The summed E-state index contributed by atoms with van der Waals surface area (Å²) in [4.78, 5) is 1.17. The van der Waals surface area contributed by atoms with Crippen LogP contribution < -0.4 is 4.74 Å². The van der Waals surface area contributed by atoms with Crippen molar-refractivity contribution >= 4 is 60.5 Å². The van der Waals surface area contributed by atoms with E-state index in [1.165, 1.54) is 4.88 Å². The summed E-state index contributed by atoms with van der Waals surface area (Å²) in [6, 6.07) is 18.2. The quantitative estimate of drug-likeness (QED) is 0.355. The van der Waals surface area contributed by atoms with E-state index in [1.54, 1.807) is 11.3 Å². The fraction of sp³-hybridized carbons (Fsp3) is 0.150. The maximum Gasteiger partial charge on any atom is 0.215 e. The summed E-state index contributed by atoms with van der Waals surface area (Å²) in [5.74, 6) is 0.883. The molecule has 3 aromatic rings. The van der Waals surface area contributed by atoms with E-state index in [0.29, 0.717) is 5.02 Å². The van der Waals surface area contributed by atoms with Crippen molar-refractivity contribution in [2.75, 3.05) is 0 Å². The molecule has 0 spiro atoms. The van der Waals surface area contributed by atoms with Gasteiger partial charge in [0.2, 0.25) is 6.23 Å². The van der Waals surface area contributed by atoms with Crippen LogP contribution in [0.2, 0.25) is 5.02 Å². The first-order chi connectivity index (χ1) is 13.1. The van der Waals surface area contributed by atoms with E-state index >= 15 is 0 Å². The number of thiophene rings is 1. The topological polar surface area (TPSA) is 24.8 Å². The van der Waals surface area contributed by atoms with Crippen LogP contribution in [0.3, 0.4) is 0 Å². The van der Waals surface area contributed by atoms with Crippen LogP contribution in [0.25, 0.3) is 0 Å². The molecule has 0 aliphatic carbocycles. The summed E-state index contributed by atoms with van der Waals surface area (Å²) in [5, 5.41) is 7.70. The van der Waals surface area contributed by atoms with E-state index in [4.69, 9.17) is 21.4 Å². The molecule has 0 amide bonds. The van der Waals surface area contributed by atoms with E-state index in [-0.39, 0.29) is 12.3 Å². The Hall–Kier alpha value is -1.34. The first-order valence-electron chi connectivity index (χ1n) is 8.42. The van der Waals surface area contributed by atoms with Crippen molar-refractivity contribution in [1.29, 1.82) is 0 Å². The molecule has 2 aliphatic rings. The van der Waals surface area contributed by atoms with Gasteiger partial charge in [0.15, 0.2) is 0 Å². The number of nitrogens with zero attached hydrogens (tertiary/aromatic N) is 2. The van der Waals surface area contributed by atoms with Gasteiger partial charge in [-0.25, -0.2) is 5.01 Å². The Kier molecular flexibility index (Phi) is 4.55. The van der Waals surface area contributed by atoms with Crippen molar-refractivity contribution in [3.05, 3.63) is 83.9 Å². The molecule has 7 heteroatoms. The lowest BCUT2D eigenvalue weighted by Gasteiger charge is -2.38. The van der Waals surface area contributed by atoms with E-state index < -0.39 is 0 Å². The molecule has 27 heavy (non-hydrogen) atoms. The van der Waals surface area contributed by atoms with Gasteiger partial charge in [0.1, 0.15) is 5.75 Å². The monoisotopic (exact) mass is 522 g/mol. The minimum absolute atomic E-state index is 0.114. The third-order valence-corrected chi connectivity index (χ3v) is 7.29. The summed E-state index contributed by atoms with van der Waals surface area (Å²) in [6.07, 6.45) is 0.485. The van der Waals surface area contributed by atoms with Gasteiger partial charge in [0, 0.05) is 27.0 Å². The van der Waals surface area contributed by atoms with Gasteiger partial charge in [0.05, 0.1) is 20.4 Å². The summed E-state index contributed by atoms with van der Waals surface area (Å²) in [6.45, 7) is 0. The van der Waals surface area contributed by atoms with Crippen molar-refractivity contribution in [3.63, 3.8) is 0 Å². The second-order valence-corrected chi connectivity index (χ2v) is 10.2. The Morgan fingerprint density at radius 2 is 1.93 bits per heavy atom. The van der Waals surface area contributed by atoms with Crippen LogP contribution >= 0.6 is 54.8 Å². The predicted molar refractivity (Wildman–Crippen MR) is 117 cm³/mol. The van der Waals surface area contributed by atoms with E-state index in [0.717, 1.165) is 37.3 Å². The van der Waals surface area contributed by atoms with E-state index in [9.17, 15) is 0 Å². The molecule has 2 aromatic carbocycles. The third kappa shape index (κ3) is 3.12. The van der Waals surface area contributed by atoms with Gasteiger partial charge in [-0.1, -0.05) is 45.7 Å². The minimum atomic E-state index is -0.349. The zero-order chi connectivity index (χ0) is 18.5. The van der Waals surface area contributed by atoms with Crippen LogP contribution in [-0.2, 0) is 0 Å². The summed E-state index contributed by atoms with van der Waals surface area (Å²) in [5.41, 5.74) is 3.14. The van der Waals surface area contributed by atoms with Gasteiger partial charge in [-0.2, -0.15) is 5.10 Å². The smallest absolute Gasteiger partial charge is 0.215 e. The highest BCUT2D eigenvalue weighted by Gasteiger charge is 2.41. The molecule has 0 saturated heterocycles. The van der Waals surface area contributed by atoms with Crippen molar-refractivity contribution in [2.24, 2.45) is 5.10 Å². The molecule has 136 valence electrons. The van der Waals surface area contributed by atoms with Gasteiger partial charge >= 0.3 is 0 Å². The maximum atomic E-state index is 6.49. The molecule has 0 fully saturated rings. The number of benzene rings is 2.